The lowest BCUT2D eigenvalue weighted by Gasteiger charge is -2.32. The molecule has 9 heteroatoms. The minimum atomic E-state index is -0.0935. The van der Waals surface area contributed by atoms with Gasteiger partial charge in [0, 0.05) is 56.0 Å². The Morgan fingerprint density at radius 3 is 2.36 bits per heavy atom. The molecule has 1 aliphatic rings. The number of piperidine rings is 1. The predicted octanol–water partition coefficient (Wildman–Crippen LogP) is 5.19. The molecule has 1 fully saturated rings. The largest absolute Gasteiger partial charge is 0.457 e. The van der Waals surface area contributed by atoms with E-state index in [1.807, 2.05) is 21.7 Å². The van der Waals surface area contributed by atoms with Crippen LogP contribution < -0.4 is 10.1 Å². The molecule has 0 unspecified atom stereocenters. The van der Waals surface area contributed by atoms with Crippen LogP contribution in [0.15, 0.2) is 66.9 Å². The van der Waals surface area contributed by atoms with Gasteiger partial charge in [-0.2, -0.15) is 10.4 Å². The van der Waals surface area contributed by atoms with Crippen molar-refractivity contribution in [2.45, 2.75) is 32.7 Å². The standard InChI is InChI=1S/C33H35N5O4/c1-3-28-29(32(39)35-16-19-41-2)12-13-31-30(28)22-38(36-31)21-24-14-17-37(18-15-24)33(40)25-6-10-27(11-7-25)42-26-8-4-23(20-34)5-9-26/h4-13,22,24H,3,14-19,21H2,1-2H3,(H,35,39). The van der Waals surface area contributed by atoms with Crippen LogP contribution in [0.1, 0.15) is 51.6 Å². The molecule has 9 nitrogen and oxygen atoms in total. The van der Waals surface area contributed by atoms with Gasteiger partial charge in [0.15, 0.2) is 0 Å². The normalized spacial score (nSPS) is 13.6. The minimum Gasteiger partial charge on any atom is -0.457 e. The van der Waals surface area contributed by atoms with E-state index in [9.17, 15) is 9.59 Å². The summed E-state index contributed by atoms with van der Waals surface area (Å²) in [5, 5.41) is 17.7. The Hall–Kier alpha value is -4.68. The predicted molar refractivity (Wildman–Crippen MR) is 160 cm³/mol. The highest BCUT2D eigenvalue weighted by atomic mass is 16.5. The zero-order valence-corrected chi connectivity index (χ0v) is 24.0. The van der Waals surface area contributed by atoms with Crippen molar-refractivity contribution in [2.24, 2.45) is 5.92 Å². The van der Waals surface area contributed by atoms with E-state index in [2.05, 4.69) is 24.5 Å². The summed E-state index contributed by atoms with van der Waals surface area (Å²) in [6, 6.07) is 19.9. The summed E-state index contributed by atoms with van der Waals surface area (Å²) in [5.74, 6) is 1.60. The van der Waals surface area contributed by atoms with Crippen molar-refractivity contribution in [2.75, 3.05) is 33.4 Å². The monoisotopic (exact) mass is 565 g/mol. The fraction of sp³-hybridized carbons (Fsp3) is 0.333. The summed E-state index contributed by atoms with van der Waals surface area (Å²) in [6.07, 6.45) is 4.59. The van der Waals surface area contributed by atoms with Crippen LogP contribution in [-0.2, 0) is 17.7 Å². The zero-order valence-electron chi connectivity index (χ0n) is 24.0. The summed E-state index contributed by atoms with van der Waals surface area (Å²) in [6.45, 7) is 5.16. The fourth-order valence-electron chi connectivity index (χ4n) is 5.41. The van der Waals surface area contributed by atoms with Crippen LogP contribution in [-0.4, -0.2) is 59.8 Å². The maximum atomic E-state index is 13.2. The fourth-order valence-corrected chi connectivity index (χ4v) is 5.41. The molecule has 216 valence electrons. The van der Waals surface area contributed by atoms with E-state index in [0.29, 0.717) is 60.3 Å². The molecule has 0 aliphatic carbocycles. The topological polar surface area (TPSA) is 109 Å². The number of nitrogens with one attached hydrogen (secondary N) is 1. The molecule has 1 N–H and O–H groups in total. The van der Waals surface area contributed by atoms with Crippen molar-refractivity contribution < 1.29 is 19.1 Å². The first-order chi connectivity index (χ1) is 20.5. The van der Waals surface area contributed by atoms with Crippen LogP contribution in [0.4, 0.5) is 0 Å². The molecule has 4 aromatic rings. The Labute approximate surface area is 245 Å². The summed E-state index contributed by atoms with van der Waals surface area (Å²) in [5.41, 5.74) is 3.78. The van der Waals surface area contributed by atoms with Crippen molar-refractivity contribution in [1.29, 1.82) is 5.26 Å². The first-order valence-electron chi connectivity index (χ1n) is 14.3. The maximum absolute atomic E-state index is 13.2. The minimum absolute atomic E-state index is 0.0205. The smallest absolute Gasteiger partial charge is 0.253 e. The molecule has 0 atom stereocenters. The second-order valence-electron chi connectivity index (χ2n) is 10.5. The second kappa shape index (κ2) is 13.3. The van der Waals surface area contributed by atoms with Gasteiger partial charge >= 0.3 is 0 Å². The lowest BCUT2D eigenvalue weighted by Crippen LogP contribution is -2.39. The highest BCUT2D eigenvalue weighted by molar-refractivity contribution is 6.00. The van der Waals surface area contributed by atoms with E-state index in [1.54, 1.807) is 55.6 Å². The number of carbonyl (C=O) groups is 2. The molecule has 0 bridgehead atoms. The average molecular weight is 566 g/mol. The van der Waals surface area contributed by atoms with E-state index in [4.69, 9.17) is 19.8 Å². The number of hydrogen-bond acceptors (Lipinski definition) is 6. The van der Waals surface area contributed by atoms with Gasteiger partial charge < -0.3 is 19.7 Å². The van der Waals surface area contributed by atoms with Gasteiger partial charge in [0.1, 0.15) is 11.5 Å². The molecule has 5 rings (SSSR count). The highest BCUT2D eigenvalue weighted by Crippen LogP contribution is 2.26. The second-order valence-corrected chi connectivity index (χ2v) is 10.5. The maximum Gasteiger partial charge on any atom is 0.253 e. The average Bonchev–Trinajstić information content (AvgIpc) is 3.44. The molecule has 1 aliphatic heterocycles. The summed E-state index contributed by atoms with van der Waals surface area (Å²) in [7, 11) is 1.61. The number of hydrogen-bond donors (Lipinski definition) is 1. The van der Waals surface area contributed by atoms with Gasteiger partial charge in [-0.25, -0.2) is 0 Å². The highest BCUT2D eigenvalue weighted by Gasteiger charge is 2.25. The van der Waals surface area contributed by atoms with Crippen LogP contribution >= 0.6 is 0 Å². The number of methoxy groups -OCH3 is 1. The van der Waals surface area contributed by atoms with Gasteiger partial charge in [0.25, 0.3) is 11.8 Å². The lowest BCUT2D eigenvalue weighted by atomic mass is 9.96. The number of ether oxygens (including phenoxy) is 2. The number of amides is 2. The van der Waals surface area contributed by atoms with Crippen molar-refractivity contribution in [3.05, 3.63) is 89.1 Å². The Morgan fingerprint density at radius 2 is 1.71 bits per heavy atom. The number of nitrogens with zero attached hydrogens (tertiary/aromatic N) is 4. The third kappa shape index (κ3) is 6.61. The van der Waals surface area contributed by atoms with E-state index in [0.717, 1.165) is 42.3 Å². The molecule has 2 amide bonds. The van der Waals surface area contributed by atoms with E-state index >= 15 is 0 Å². The lowest BCUT2D eigenvalue weighted by molar-refractivity contribution is 0.0681. The molecule has 3 aromatic carbocycles. The molecule has 0 spiro atoms. The van der Waals surface area contributed by atoms with Gasteiger partial charge in [-0.15, -0.1) is 0 Å². The van der Waals surface area contributed by atoms with Crippen LogP contribution in [0.2, 0.25) is 0 Å². The summed E-state index contributed by atoms with van der Waals surface area (Å²) in [4.78, 5) is 27.8. The molecular formula is C33H35N5O4. The quantitative estimate of drug-likeness (QED) is 0.265. The van der Waals surface area contributed by atoms with Gasteiger partial charge in [-0.05, 0) is 91.4 Å². The van der Waals surface area contributed by atoms with Gasteiger partial charge in [0.2, 0.25) is 0 Å². The number of fused-ring (bicyclic) bond motifs is 1. The molecule has 1 saturated heterocycles. The Morgan fingerprint density at radius 1 is 1.02 bits per heavy atom. The van der Waals surface area contributed by atoms with Crippen LogP contribution in [0.25, 0.3) is 10.9 Å². The Kier molecular flexibility index (Phi) is 9.15. The molecule has 1 aromatic heterocycles. The van der Waals surface area contributed by atoms with Gasteiger partial charge in [0.05, 0.1) is 23.8 Å². The number of aryl methyl sites for hydroxylation is 1. The van der Waals surface area contributed by atoms with Crippen molar-refractivity contribution in [3.63, 3.8) is 0 Å². The number of nitriles is 1. The molecule has 42 heavy (non-hydrogen) atoms. The first-order valence-corrected chi connectivity index (χ1v) is 14.3. The molecule has 0 radical (unpaired) electrons. The third-order valence-electron chi connectivity index (χ3n) is 7.71. The Balaban J connectivity index is 1.16. The van der Waals surface area contributed by atoms with Crippen molar-refractivity contribution in [3.8, 4) is 17.6 Å². The van der Waals surface area contributed by atoms with Crippen LogP contribution in [0.3, 0.4) is 0 Å². The van der Waals surface area contributed by atoms with Gasteiger partial charge in [-0.1, -0.05) is 6.92 Å². The number of likely N-dealkylation sites (tertiary alicyclic amines) is 1. The third-order valence-corrected chi connectivity index (χ3v) is 7.71. The zero-order chi connectivity index (χ0) is 29.5. The SMILES string of the molecule is CCc1c(C(=O)NCCOC)ccc2nn(CC3CCN(C(=O)c4ccc(Oc5ccc(C#N)cc5)cc4)CC3)cc12. The Bertz CT molecular complexity index is 1580. The van der Waals surface area contributed by atoms with E-state index in [1.165, 1.54) is 0 Å². The number of benzene rings is 3. The number of carbonyl (C=O) groups excluding carboxylic acids is 2. The summed E-state index contributed by atoms with van der Waals surface area (Å²) < 4.78 is 12.9. The van der Waals surface area contributed by atoms with Crippen molar-refractivity contribution in [1.82, 2.24) is 20.0 Å². The first kappa shape index (κ1) is 28.8. The number of rotatable bonds is 10. The van der Waals surface area contributed by atoms with Gasteiger partial charge in [-0.3, -0.25) is 14.3 Å². The molecule has 2 heterocycles. The molecule has 0 saturated carbocycles. The number of aromatic nitrogens is 2. The summed E-state index contributed by atoms with van der Waals surface area (Å²) >= 11 is 0. The van der Waals surface area contributed by atoms with E-state index < -0.39 is 0 Å². The van der Waals surface area contributed by atoms with E-state index in [-0.39, 0.29) is 11.8 Å². The van der Waals surface area contributed by atoms with Crippen LogP contribution in [0.5, 0.6) is 11.5 Å². The van der Waals surface area contributed by atoms with Crippen LogP contribution in [0, 0.1) is 17.2 Å². The van der Waals surface area contributed by atoms with Crippen molar-refractivity contribution >= 4 is 22.7 Å². The molecular weight excluding hydrogens is 530 g/mol.